The van der Waals surface area contributed by atoms with Gasteiger partial charge < -0.3 is 35.5 Å². The number of allylic oxidation sites excluding steroid dienone is 1. The number of hydrogen-bond donors (Lipinski definition) is 4. The molecule has 0 aromatic heterocycles. The van der Waals surface area contributed by atoms with E-state index in [-0.39, 0.29) is 43.9 Å². The van der Waals surface area contributed by atoms with Crippen molar-refractivity contribution >= 4 is 35.5 Å². The Morgan fingerprint density at radius 3 is 2.11 bits per heavy atom. The number of halogens is 1. The minimum Gasteiger partial charge on any atom is -0.481 e. The molecule has 0 bridgehead atoms. The van der Waals surface area contributed by atoms with Crippen LogP contribution in [-0.4, -0.2) is 61.1 Å². The molecule has 0 unspecified atom stereocenters. The number of hydrogen-bond acceptors (Lipinski definition) is 9. The lowest BCUT2D eigenvalue weighted by Gasteiger charge is -2.31. The van der Waals surface area contributed by atoms with Gasteiger partial charge in [0.05, 0.1) is 49.8 Å². The molecule has 1 aromatic carbocycles. The molecule has 1 atom stereocenters. The van der Waals surface area contributed by atoms with Gasteiger partial charge >= 0.3 is 23.9 Å². The number of carboxylic acids is 2. The van der Waals surface area contributed by atoms with Gasteiger partial charge in [-0.15, -0.1) is 0 Å². The molecule has 0 amide bonds. The summed E-state index contributed by atoms with van der Waals surface area (Å²) in [4.78, 5) is 45.1. The van der Waals surface area contributed by atoms with Crippen LogP contribution in [0.4, 0.5) is 0 Å². The lowest BCUT2D eigenvalue weighted by atomic mass is 9.80. The first kappa shape index (κ1) is 31.6. The number of nitrogens with one attached hydrogen (secondary N) is 1. The van der Waals surface area contributed by atoms with Gasteiger partial charge in [0.1, 0.15) is 0 Å². The van der Waals surface area contributed by atoms with E-state index in [2.05, 4.69) is 5.32 Å². The van der Waals surface area contributed by atoms with Gasteiger partial charge in [-0.25, -0.2) is 9.59 Å². The summed E-state index contributed by atoms with van der Waals surface area (Å²) in [5.74, 6) is -3.64. The second kappa shape index (κ2) is 16.4. The van der Waals surface area contributed by atoms with E-state index in [9.17, 15) is 19.2 Å². The first-order chi connectivity index (χ1) is 17.6. The summed E-state index contributed by atoms with van der Waals surface area (Å²) in [6, 6.07) is 7.01. The fourth-order valence-electron chi connectivity index (χ4n) is 3.57. The summed E-state index contributed by atoms with van der Waals surface area (Å²) in [6.45, 7) is 3.64. The number of rotatable bonds is 12. The maximum atomic E-state index is 12.8. The van der Waals surface area contributed by atoms with Crippen molar-refractivity contribution in [3.8, 4) is 0 Å². The Hall–Kier alpha value is -3.41. The van der Waals surface area contributed by atoms with Crippen LogP contribution in [0.2, 0.25) is 5.02 Å². The highest BCUT2D eigenvalue weighted by Crippen LogP contribution is 2.41. The van der Waals surface area contributed by atoms with Crippen LogP contribution in [0.25, 0.3) is 0 Å². The van der Waals surface area contributed by atoms with Crippen molar-refractivity contribution in [2.24, 2.45) is 5.73 Å². The molecule has 0 fully saturated rings. The first-order valence-electron chi connectivity index (χ1n) is 11.5. The number of benzene rings is 1. The number of ether oxygens (including phenoxy) is 3. The second-order valence-electron chi connectivity index (χ2n) is 7.73. The summed E-state index contributed by atoms with van der Waals surface area (Å²) in [7, 11) is 1.28. The number of carbonyl (C=O) groups is 4. The molecule has 5 N–H and O–H groups in total. The number of unbranched alkanes of at least 4 members (excludes halogenated alkanes) is 1. The fraction of sp³-hybridized carbons (Fsp3) is 0.440. The first-order valence-corrected chi connectivity index (χ1v) is 11.9. The highest BCUT2D eigenvalue weighted by Gasteiger charge is 2.39. The maximum Gasteiger partial charge on any atom is 0.336 e. The van der Waals surface area contributed by atoms with Gasteiger partial charge in [-0.05, 0) is 38.3 Å². The van der Waals surface area contributed by atoms with Gasteiger partial charge in [0.2, 0.25) is 0 Å². The number of methoxy groups -OCH3 is 1. The fourth-order valence-corrected chi connectivity index (χ4v) is 3.82. The molecular weight excluding hydrogens is 508 g/mol. The predicted octanol–water partition coefficient (Wildman–Crippen LogP) is 2.94. The number of carbonyl (C=O) groups excluding carboxylic acids is 2. The highest BCUT2D eigenvalue weighted by atomic mass is 35.5. The third-order valence-corrected chi connectivity index (χ3v) is 5.50. The maximum absolute atomic E-state index is 12.8. The van der Waals surface area contributed by atoms with Crippen molar-refractivity contribution in [3.05, 3.63) is 57.4 Å². The highest BCUT2D eigenvalue weighted by molar-refractivity contribution is 6.31. The van der Waals surface area contributed by atoms with Gasteiger partial charge in [-0.2, -0.15) is 0 Å². The number of aliphatic carboxylic acids is 2. The van der Waals surface area contributed by atoms with Crippen molar-refractivity contribution in [1.29, 1.82) is 0 Å². The topological polar surface area (TPSA) is 174 Å². The summed E-state index contributed by atoms with van der Waals surface area (Å²) < 4.78 is 15.5. The molecule has 1 aliphatic rings. The Kier molecular flexibility index (Phi) is 14.0. The zero-order valence-corrected chi connectivity index (χ0v) is 21.8. The van der Waals surface area contributed by atoms with Crippen LogP contribution in [-0.2, 0) is 33.4 Å². The Morgan fingerprint density at radius 1 is 1.03 bits per heavy atom. The third kappa shape index (κ3) is 9.87. The van der Waals surface area contributed by atoms with Crippen LogP contribution in [0.15, 0.2) is 46.8 Å². The van der Waals surface area contributed by atoms with E-state index in [1.165, 1.54) is 7.11 Å². The zero-order valence-electron chi connectivity index (χ0n) is 21.0. The molecule has 12 heteroatoms. The van der Waals surface area contributed by atoms with E-state index < -0.39 is 29.8 Å². The molecule has 0 saturated heterocycles. The molecule has 37 heavy (non-hydrogen) atoms. The number of nitrogens with two attached hydrogens (primary N) is 1. The monoisotopic (exact) mass is 540 g/mol. The van der Waals surface area contributed by atoms with Crippen LogP contribution in [0.1, 0.15) is 51.0 Å². The Labute approximate surface area is 220 Å². The Bertz CT molecular complexity index is 1020. The van der Waals surface area contributed by atoms with Gasteiger partial charge in [0, 0.05) is 23.6 Å². The van der Waals surface area contributed by atoms with Gasteiger partial charge in [-0.1, -0.05) is 29.8 Å². The predicted molar refractivity (Wildman–Crippen MR) is 134 cm³/mol. The number of carboxylic acid groups (broad SMARTS) is 2. The van der Waals surface area contributed by atoms with Crippen LogP contribution >= 0.6 is 11.6 Å². The molecule has 2 rings (SSSR count). The third-order valence-electron chi connectivity index (χ3n) is 5.16. The van der Waals surface area contributed by atoms with Crippen molar-refractivity contribution in [1.82, 2.24) is 5.32 Å². The summed E-state index contributed by atoms with van der Waals surface area (Å²) in [5, 5.41) is 19.7. The smallest absolute Gasteiger partial charge is 0.336 e. The van der Waals surface area contributed by atoms with Gasteiger partial charge in [-0.3, -0.25) is 9.59 Å². The molecule has 1 heterocycles. The van der Waals surface area contributed by atoms with E-state index in [1.807, 2.05) is 0 Å². The molecule has 1 aliphatic heterocycles. The number of esters is 2. The summed E-state index contributed by atoms with van der Waals surface area (Å²) >= 11 is 6.40. The average Bonchev–Trinajstić information content (AvgIpc) is 2.85. The van der Waals surface area contributed by atoms with Gasteiger partial charge in [0.25, 0.3) is 0 Å². The summed E-state index contributed by atoms with van der Waals surface area (Å²) in [6.07, 6.45) is 1.02. The standard InChI is InChI=1S/C19H23ClN2O5.C6H10O4/c1-4-27-19(24)17-14(9-26-10-21)22-11(2)15(18(23)25-3)16(17)12-7-5-6-8-13(12)20;7-5(8)3-1-2-4-6(9)10/h5-8,16,22H,4,9-10,21H2,1-3H3;1-4H2,(H,7,8)(H,9,10)/t16-;/m1./s1. The Balaban J connectivity index is 0.000000580. The molecule has 0 saturated carbocycles. The normalized spacial score (nSPS) is 14.8. The molecule has 0 spiro atoms. The molecule has 204 valence electrons. The quantitative estimate of drug-likeness (QED) is 0.174. The van der Waals surface area contributed by atoms with Crippen LogP contribution in [0.5, 0.6) is 0 Å². The van der Waals surface area contributed by atoms with E-state index in [0.29, 0.717) is 34.8 Å². The van der Waals surface area contributed by atoms with E-state index in [4.69, 9.17) is 41.8 Å². The largest absolute Gasteiger partial charge is 0.481 e. The van der Waals surface area contributed by atoms with Crippen LogP contribution in [0, 0.1) is 0 Å². The van der Waals surface area contributed by atoms with Crippen molar-refractivity contribution in [2.45, 2.75) is 45.4 Å². The molecular formula is C25H33ClN2O9. The molecule has 11 nitrogen and oxygen atoms in total. The van der Waals surface area contributed by atoms with Crippen LogP contribution < -0.4 is 11.1 Å². The van der Waals surface area contributed by atoms with Crippen LogP contribution in [0.3, 0.4) is 0 Å². The van der Waals surface area contributed by atoms with Crippen molar-refractivity contribution < 1.29 is 43.6 Å². The van der Waals surface area contributed by atoms with Crippen molar-refractivity contribution in [3.63, 3.8) is 0 Å². The SMILES string of the molecule is CCOC(=O)C1=C(COCN)NC(C)=C(C(=O)OC)[C@H]1c1ccccc1Cl.O=C(O)CCCCC(=O)O. The van der Waals surface area contributed by atoms with Gasteiger partial charge in [0.15, 0.2) is 0 Å². The van der Waals surface area contributed by atoms with Crippen molar-refractivity contribution in [2.75, 3.05) is 27.1 Å². The summed E-state index contributed by atoms with van der Waals surface area (Å²) in [5.41, 5.74) is 7.55. The minimum absolute atomic E-state index is 0.0231. The molecule has 1 aromatic rings. The average molecular weight is 541 g/mol. The number of dihydropyridines is 1. The second-order valence-corrected chi connectivity index (χ2v) is 8.14. The zero-order chi connectivity index (χ0) is 28.0. The van der Waals surface area contributed by atoms with E-state index >= 15 is 0 Å². The Morgan fingerprint density at radius 2 is 1.62 bits per heavy atom. The minimum atomic E-state index is -0.870. The van der Waals surface area contributed by atoms with E-state index in [0.717, 1.165) is 0 Å². The lowest BCUT2D eigenvalue weighted by molar-refractivity contribution is -0.139. The molecule has 0 radical (unpaired) electrons. The molecule has 0 aliphatic carbocycles. The van der Waals surface area contributed by atoms with E-state index in [1.54, 1.807) is 38.1 Å². The lowest BCUT2D eigenvalue weighted by Crippen LogP contribution is -2.35.